The molecule has 1 aromatic carbocycles. The number of benzene rings is 1. The number of thiophene rings is 1. The van der Waals surface area contributed by atoms with E-state index >= 15 is 0 Å². The van der Waals surface area contributed by atoms with Crippen LogP contribution >= 0.6 is 33.9 Å². The van der Waals surface area contributed by atoms with Crippen molar-refractivity contribution in [2.24, 2.45) is 0 Å². The maximum absolute atomic E-state index is 10.6. The summed E-state index contributed by atoms with van der Waals surface area (Å²) in [7, 11) is 0. The van der Waals surface area contributed by atoms with Gasteiger partial charge in [0.1, 0.15) is 0 Å². The number of hydrogen-bond donors (Lipinski definition) is 0. The molecule has 2 rings (SSSR count). The normalized spacial score (nSPS) is 10.4. The number of rotatable bonds is 4. The third kappa shape index (κ3) is 3.26. The van der Waals surface area contributed by atoms with Crippen LogP contribution in [0.2, 0.25) is 0 Å². The zero-order valence-corrected chi connectivity index (χ0v) is 11.9. The van der Waals surface area contributed by atoms with Crippen LogP contribution in [0, 0.1) is 13.7 Å². The summed E-state index contributed by atoms with van der Waals surface area (Å²) in [6.45, 7) is 0. The van der Waals surface area contributed by atoms with Crippen molar-refractivity contribution in [1.29, 1.82) is 0 Å². The maximum Gasteiger partial charge on any atom is 0.324 e. The lowest BCUT2D eigenvalue weighted by atomic mass is 10.1. The highest BCUT2D eigenvalue weighted by Gasteiger charge is 2.09. The molecule has 0 radical (unpaired) electrons. The zero-order valence-electron chi connectivity index (χ0n) is 8.93. The van der Waals surface area contributed by atoms with Crippen LogP contribution in [-0.4, -0.2) is 4.92 Å². The summed E-state index contributed by atoms with van der Waals surface area (Å²) in [6, 6.07) is 9.88. The second-order valence-electron chi connectivity index (χ2n) is 3.64. The lowest BCUT2D eigenvalue weighted by Crippen LogP contribution is -1.92. The van der Waals surface area contributed by atoms with Gasteiger partial charge in [-0.3, -0.25) is 10.1 Å². The largest absolute Gasteiger partial charge is 0.324 e. The van der Waals surface area contributed by atoms with Crippen LogP contribution in [0.15, 0.2) is 35.7 Å². The molecule has 0 unspecified atom stereocenters. The third-order valence-electron chi connectivity index (χ3n) is 2.46. The van der Waals surface area contributed by atoms with Gasteiger partial charge >= 0.3 is 5.00 Å². The van der Waals surface area contributed by atoms with E-state index in [0.717, 1.165) is 18.4 Å². The number of aryl methyl sites for hydroxylation is 2. The van der Waals surface area contributed by atoms with Crippen LogP contribution in [0.3, 0.4) is 0 Å². The highest BCUT2D eigenvalue weighted by atomic mass is 127. The fourth-order valence-electron chi connectivity index (χ4n) is 1.57. The Hall–Kier alpha value is -0.950. The molecule has 0 saturated carbocycles. The Kier molecular flexibility index (Phi) is 4.11. The van der Waals surface area contributed by atoms with Crippen LogP contribution in [0.5, 0.6) is 0 Å². The van der Waals surface area contributed by atoms with E-state index in [1.807, 2.05) is 17.5 Å². The number of halogens is 1. The highest BCUT2D eigenvalue weighted by Crippen LogP contribution is 2.24. The Bertz CT molecular complexity index is 539. The van der Waals surface area contributed by atoms with Gasteiger partial charge in [-0.25, -0.2) is 0 Å². The molecule has 1 heterocycles. The molecule has 0 fully saturated rings. The Morgan fingerprint density at radius 2 is 2.06 bits per heavy atom. The van der Waals surface area contributed by atoms with E-state index in [0.29, 0.717) is 0 Å². The smallest absolute Gasteiger partial charge is 0.258 e. The average molecular weight is 359 g/mol. The van der Waals surface area contributed by atoms with E-state index in [1.165, 1.54) is 20.5 Å². The second-order valence-corrected chi connectivity index (χ2v) is 5.69. The molecule has 17 heavy (non-hydrogen) atoms. The molecule has 0 saturated heterocycles. The fourth-order valence-corrected chi connectivity index (χ4v) is 2.99. The van der Waals surface area contributed by atoms with E-state index in [1.54, 1.807) is 6.07 Å². The SMILES string of the molecule is O=[N+]([O-])c1cc(CCc2ccccc2I)cs1. The molecular weight excluding hydrogens is 349 g/mol. The lowest BCUT2D eigenvalue weighted by molar-refractivity contribution is -0.380. The minimum atomic E-state index is -0.333. The van der Waals surface area contributed by atoms with Crippen molar-refractivity contribution in [3.63, 3.8) is 0 Å². The first-order chi connectivity index (χ1) is 8.16. The summed E-state index contributed by atoms with van der Waals surface area (Å²) < 4.78 is 1.25. The van der Waals surface area contributed by atoms with Crippen LogP contribution < -0.4 is 0 Å². The quantitative estimate of drug-likeness (QED) is 0.470. The maximum atomic E-state index is 10.6. The molecule has 0 bridgehead atoms. The number of nitrogens with zero attached hydrogens (tertiary/aromatic N) is 1. The summed E-state index contributed by atoms with van der Waals surface area (Å²) >= 11 is 3.51. The predicted octanol–water partition coefficient (Wildman–Crippen LogP) is 4.05. The molecule has 0 spiro atoms. The van der Waals surface area contributed by atoms with Crippen molar-refractivity contribution in [3.05, 3.63) is 60.5 Å². The minimum Gasteiger partial charge on any atom is -0.258 e. The summed E-state index contributed by atoms with van der Waals surface area (Å²) in [5.74, 6) is 0. The Morgan fingerprint density at radius 1 is 1.29 bits per heavy atom. The van der Waals surface area contributed by atoms with Gasteiger partial charge in [-0.1, -0.05) is 29.5 Å². The molecular formula is C12H10INO2S. The van der Waals surface area contributed by atoms with Gasteiger partial charge < -0.3 is 0 Å². The van der Waals surface area contributed by atoms with Crippen molar-refractivity contribution in [1.82, 2.24) is 0 Å². The predicted molar refractivity (Wildman–Crippen MR) is 77.5 cm³/mol. The molecule has 5 heteroatoms. The molecule has 88 valence electrons. The van der Waals surface area contributed by atoms with Crippen molar-refractivity contribution in [2.45, 2.75) is 12.8 Å². The van der Waals surface area contributed by atoms with Gasteiger partial charge in [0.2, 0.25) is 0 Å². The summed E-state index contributed by atoms with van der Waals surface area (Å²) in [5, 5.41) is 12.7. The van der Waals surface area contributed by atoms with Gasteiger partial charge in [-0.15, -0.1) is 0 Å². The van der Waals surface area contributed by atoms with Crippen molar-refractivity contribution in [2.75, 3.05) is 0 Å². The van der Waals surface area contributed by atoms with Crippen LogP contribution in [0.25, 0.3) is 0 Å². The van der Waals surface area contributed by atoms with E-state index in [4.69, 9.17) is 0 Å². The molecule has 0 N–H and O–H groups in total. The molecule has 0 aliphatic carbocycles. The van der Waals surface area contributed by atoms with Crippen molar-refractivity contribution < 1.29 is 4.92 Å². The second kappa shape index (κ2) is 5.59. The Labute approximate surface area is 117 Å². The standard InChI is InChI=1S/C12H10INO2S/c13-11-4-2-1-3-10(11)6-5-9-7-12(14(15)16)17-8-9/h1-4,7-8H,5-6H2. The average Bonchev–Trinajstić information content (AvgIpc) is 2.77. The first-order valence-corrected chi connectivity index (χ1v) is 7.08. The van der Waals surface area contributed by atoms with Crippen LogP contribution in [-0.2, 0) is 12.8 Å². The van der Waals surface area contributed by atoms with Crippen LogP contribution in [0.4, 0.5) is 5.00 Å². The van der Waals surface area contributed by atoms with E-state index in [-0.39, 0.29) is 9.92 Å². The van der Waals surface area contributed by atoms with E-state index < -0.39 is 0 Å². The first-order valence-electron chi connectivity index (χ1n) is 5.12. The molecule has 3 nitrogen and oxygen atoms in total. The molecule has 0 amide bonds. The molecule has 0 atom stereocenters. The van der Waals surface area contributed by atoms with Crippen molar-refractivity contribution >= 4 is 38.9 Å². The van der Waals surface area contributed by atoms with E-state index in [2.05, 4.69) is 34.7 Å². The Morgan fingerprint density at radius 3 is 2.71 bits per heavy atom. The fraction of sp³-hybridized carbons (Fsp3) is 0.167. The third-order valence-corrected chi connectivity index (χ3v) is 4.44. The highest BCUT2D eigenvalue weighted by molar-refractivity contribution is 14.1. The first kappa shape index (κ1) is 12.5. The van der Waals surface area contributed by atoms with Gasteiger partial charge in [0.15, 0.2) is 0 Å². The van der Waals surface area contributed by atoms with Gasteiger partial charge in [-0.2, -0.15) is 0 Å². The summed E-state index contributed by atoms with van der Waals surface area (Å²) in [5.41, 5.74) is 2.34. The number of hydrogen-bond acceptors (Lipinski definition) is 3. The van der Waals surface area contributed by atoms with Gasteiger partial charge in [-0.05, 0) is 52.6 Å². The molecule has 0 aliphatic rings. The molecule has 1 aromatic heterocycles. The van der Waals surface area contributed by atoms with Crippen LogP contribution in [0.1, 0.15) is 11.1 Å². The van der Waals surface area contributed by atoms with E-state index in [9.17, 15) is 10.1 Å². The molecule has 0 aliphatic heterocycles. The van der Waals surface area contributed by atoms with Gasteiger partial charge in [0.05, 0.1) is 4.92 Å². The Balaban J connectivity index is 2.02. The summed E-state index contributed by atoms with van der Waals surface area (Å²) in [4.78, 5) is 10.2. The minimum absolute atomic E-state index is 0.225. The summed E-state index contributed by atoms with van der Waals surface area (Å²) in [6.07, 6.45) is 1.78. The molecule has 2 aromatic rings. The van der Waals surface area contributed by atoms with Gasteiger partial charge in [0.25, 0.3) is 0 Å². The monoisotopic (exact) mass is 359 g/mol. The zero-order chi connectivity index (χ0) is 12.3. The topological polar surface area (TPSA) is 43.1 Å². The lowest BCUT2D eigenvalue weighted by Gasteiger charge is -2.02. The number of nitro groups is 1. The van der Waals surface area contributed by atoms with Crippen molar-refractivity contribution in [3.8, 4) is 0 Å². The van der Waals surface area contributed by atoms with Gasteiger partial charge in [0, 0.05) is 15.0 Å².